The molecule has 3 aromatic rings. The fraction of sp³-hybridized carbons (Fsp3) is 0.345. The molecular weight excluding hydrogens is 478 g/mol. The molecule has 9 nitrogen and oxygen atoms in total. The molecule has 0 spiro atoms. The Kier molecular flexibility index (Phi) is 9.02. The highest BCUT2D eigenvalue weighted by Gasteiger charge is 2.26. The van der Waals surface area contributed by atoms with E-state index in [1.54, 1.807) is 0 Å². The normalized spacial score (nSPS) is 14.1. The minimum atomic E-state index is 0.125. The third kappa shape index (κ3) is 6.94. The number of para-hydroxylation sites is 4. The fourth-order valence-corrected chi connectivity index (χ4v) is 4.57. The highest BCUT2D eigenvalue weighted by atomic mass is 16.5. The minimum absolute atomic E-state index is 0.125. The molecule has 38 heavy (non-hydrogen) atoms. The number of aryl methyl sites for hydroxylation is 1. The average Bonchev–Trinajstić information content (AvgIpc) is 3.40. The molecule has 0 saturated carbocycles. The first-order chi connectivity index (χ1) is 18.4. The zero-order chi connectivity index (χ0) is 26.9. The number of benzene rings is 2. The van der Waals surface area contributed by atoms with Crippen LogP contribution in [0.5, 0.6) is 5.75 Å². The van der Waals surface area contributed by atoms with Crippen molar-refractivity contribution in [2.75, 3.05) is 18.0 Å². The number of nitrogens with zero attached hydrogens (tertiary/aromatic N) is 3. The summed E-state index contributed by atoms with van der Waals surface area (Å²) in [6.45, 7) is 4.29. The Morgan fingerprint density at radius 1 is 1.00 bits per heavy atom. The van der Waals surface area contributed by atoms with Gasteiger partial charge in [0.05, 0.1) is 17.6 Å². The maximum atomic E-state index is 7.42. The predicted molar refractivity (Wildman–Crippen MR) is 153 cm³/mol. The number of ether oxygens (including phenoxy) is 1. The number of anilines is 1. The third-order valence-electron chi connectivity index (χ3n) is 6.39. The van der Waals surface area contributed by atoms with Crippen LogP contribution in [0.2, 0.25) is 0 Å². The van der Waals surface area contributed by atoms with E-state index in [1.807, 2.05) is 36.4 Å². The maximum Gasteiger partial charge on any atom is 0.374 e. The van der Waals surface area contributed by atoms with E-state index >= 15 is 0 Å². The molecule has 0 amide bonds. The quantitative estimate of drug-likeness (QED) is 0.115. The van der Waals surface area contributed by atoms with Crippen molar-refractivity contribution in [3.05, 3.63) is 72.0 Å². The zero-order valence-corrected chi connectivity index (χ0v) is 22.0. The second kappa shape index (κ2) is 12.8. The topological polar surface area (TPSA) is 144 Å². The average molecular weight is 517 g/mol. The van der Waals surface area contributed by atoms with E-state index in [4.69, 9.17) is 31.8 Å². The molecule has 2 aromatic carbocycles. The highest BCUT2D eigenvalue weighted by molar-refractivity contribution is 5.76. The number of aromatic nitrogens is 1. The van der Waals surface area contributed by atoms with Gasteiger partial charge in [0.1, 0.15) is 0 Å². The molecule has 0 saturated heterocycles. The number of oxazole rings is 1. The molecule has 0 radical (unpaired) electrons. The van der Waals surface area contributed by atoms with Gasteiger partial charge in [-0.15, -0.1) is 0 Å². The first-order valence-corrected chi connectivity index (χ1v) is 13.2. The summed E-state index contributed by atoms with van der Waals surface area (Å²) < 4.78 is 14.7. The summed E-state index contributed by atoms with van der Waals surface area (Å²) in [6, 6.07) is 16.2. The first kappa shape index (κ1) is 26.8. The van der Waals surface area contributed by atoms with Crippen LogP contribution in [-0.2, 0) is 6.54 Å². The Morgan fingerprint density at radius 3 is 2.61 bits per heavy atom. The molecule has 7 N–H and O–H groups in total. The van der Waals surface area contributed by atoms with Gasteiger partial charge >= 0.3 is 5.89 Å². The summed E-state index contributed by atoms with van der Waals surface area (Å²) in [4.78, 5) is 6.28. The molecule has 200 valence electrons. The lowest BCUT2D eigenvalue weighted by Gasteiger charge is -2.18. The first-order valence-electron chi connectivity index (χ1n) is 13.2. The molecule has 0 fully saturated rings. The standard InChI is InChI=1S/C29H38N7O2/c1-21(19-27-35(17-9-2-3-15-26(30)31)22-11-4-6-13-24(22)37-27)20-28-36(18-10-8-16-34-29(32)33)23-12-5-7-14-25(23)38-28/h4-7,11-14,19-20H,2-3,8-10,15-18H2,1H3,(H3,30,31)(H4,32,33,34)/q+1. The third-order valence-corrected chi connectivity index (χ3v) is 6.39. The maximum absolute atomic E-state index is 7.42. The van der Waals surface area contributed by atoms with Crippen LogP contribution in [0.1, 0.15) is 51.3 Å². The number of guanidine groups is 1. The largest absolute Gasteiger partial charge is 0.439 e. The molecule has 1 aliphatic heterocycles. The number of nitrogens with one attached hydrogen (secondary N) is 1. The lowest BCUT2D eigenvalue weighted by atomic mass is 10.2. The van der Waals surface area contributed by atoms with Gasteiger partial charge in [-0.1, -0.05) is 24.3 Å². The van der Waals surface area contributed by atoms with Crippen LogP contribution in [0.15, 0.2) is 75.5 Å². The molecule has 9 heteroatoms. The van der Waals surface area contributed by atoms with Crippen molar-refractivity contribution in [1.82, 2.24) is 0 Å². The highest BCUT2D eigenvalue weighted by Crippen LogP contribution is 2.39. The van der Waals surface area contributed by atoms with Crippen LogP contribution >= 0.6 is 0 Å². The number of nitrogens with two attached hydrogens (primary N) is 3. The van der Waals surface area contributed by atoms with E-state index in [2.05, 4.69) is 45.7 Å². The van der Waals surface area contributed by atoms with Crippen LogP contribution in [0.25, 0.3) is 17.2 Å². The Balaban J connectivity index is 1.53. The fourth-order valence-electron chi connectivity index (χ4n) is 4.57. The lowest BCUT2D eigenvalue weighted by molar-refractivity contribution is -0.678. The second-order valence-electron chi connectivity index (χ2n) is 9.50. The summed E-state index contributed by atoms with van der Waals surface area (Å²) in [5, 5.41) is 7.42. The van der Waals surface area contributed by atoms with Crippen LogP contribution < -0.4 is 31.4 Å². The van der Waals surface area contributed by atoms with Crippen molar-refractivity contribution >= 4 is 34.7 Å². The minimum Gasteiger partial charge on any atom is -0.439 e. The van der Waals surface area contributed by atoms with Gasteiger partial charge in [0.25, 0.3) is 5.52 Å². The van der Waals surface area contributed by atoms with Crippen molar-refractivity contribution < 1.29 is 13.7 Å². The van der Waals surface area contributed by atoms with Crippen LogP contribution in [0, 0.1) is 5.41 Å². The van der Waals surface area contributed by atoms with E-state index in [0.717, 1.165) is 85.1 Å². The van der Waals surface area contributed by atoms with Crippen molar-refractivity contribution in [1.29, 1.82) is 5.41 Å². The van der Waals surface area contributed by atoms with Gasteiger partial charge < -0.3 is 31.3 Å². The summed E-state index contributed by atoms with van der Waals surface area (Å²) in [5.41, 5.74) is 20.4. The number of hydrogen-bond acceptors (Lipinski definition) is 5. The molecule has 1 aromatic heterocycles. The van der Waals surface area contributed by atoms with E-state index < -0.39 is 0 Å². The molecule has 0 bridgehead atoms. The SMILES string of the molecule is CC(=Cc1oc2ccccc2[n+]1CCCCCC(=N)N)C=C1Oc2ccccc2N1CCCCN=C(N)N. The molecule has 2 heterocycles. The van der Waals surface area contributed by atoms with Gasteiger partial charge in [-0.2, -0.15) is 4.57 Å². The zero-order valence-electron chi connectivity index (χ0n) is 22.0. The molecule has 0 atom stereocenters. The summed E-state index contributed by atoms with van der Waals surface area (Å²) >= 11 is 0. The monoisotopic (exact) mass is 516 g/mol. The predicted octanol–water partition coefficient (Wildman–Crippen LogP) is 4.41. The number of unbranched alkanes of at least 4 members (excludes halogenated alkanes) is 3. The van der Waals surface area contributed by atoms with Gasteiger partial charge in [0.2, 0.25) is 11.5 Å². The molecule has 4 rings (SSSR count). The van der Waals surface area contributed by atoms with Crippen LogP contribution in [0.3, 0.4) is 0 Å². The molecule has 0 unspecified atom stereocenters. The molecular formula is C29H38N7O2+. The van der Waals surface area contributed by atoms with Crippen molar-refractivity contribution in [2.24, 2.45) is 22.2 Å². The molecule has 1 aliphatic rings. The Hall–Kier alpha value is -4.27. The number of fused-ring (bicyclic) bond motifs is 2. The Bertz CT molecular complexity index is 1350. The number of rotatable bonds is 13. The second-order valence-corrected chi connectivity index (χ2v) is 9.50. The van der Waals surface area contributed by atoms with E-state index in [1.165, 1.54) is 0 Å². The van der Waals surface area contributed by atoms with Gasteiger partial charge in [0, 0.05) is 38.1 Å². The number of hydrogen-bond donors (Lipinski definition) is 4. The summed E-state index contributed by atoms with van der Waals surface area (Å²) in [7, 11) is 0. The number of aliphatic imine (C=N–C) groups is 1. The van der Waals surface area contributed by atoms with Crippen LogP contribution in [0.4, 0.5) is 5.69 Å². The molecule has 0 aliphatic carbocycles. The van der Waals surface area contributed by atoms with E-state index in [0.29, 0.717) is 13.0 Å². The van der Waals surface area contributed by atoms with Crippen molar-refractivity contribution in [2.45, 2.75) is 52.0 Å². The van der Waals surface area contributed by atoms with Crippen LogP contribution in [-0.4, -0.2) is 24.9 Å². The van der Waals surface area contributed by atoms with Crippen molar-refractivity contribution in [3.63, 3.8) is 0 Å². The Labute approximate surface area is 223 Å². The van der Waals surface area contributed by atoms with Gasteiger partial charge in [-0.05, 0) is 56.4 Å². The Morgan fingerprint density at radius 2 is 1.79 bits per heavy atom. The van der Waals surface area contributed by atoms with Gasteiger partial charge in [0.15, 0.2) is 18.3 Å². The van der Waals surface area contributed by atoms with Crippen molar-refractivity contribution in [3.8, 4) is 5.75 Å². The number of allylic oxidation sites excluding steroid dienone is 2. The smallest absolute Gasteiger partial charge is 0.374 e. The van der Waals surface area contributed by atoms with Gasteiger partial charge in [-0.3, -0.25) is 10.4 Å². The summed E-state index contributed by atoms with van der Waals surface area (Å²) in [5.74, 6) is 2.80. The van der Waals surface area contributed by atoms with Gasteiger partial charge in [-0.25, -0.2) is 0 Å². The number of amidine groups is 1. The van der Waals surface area contributed by atoms with E-state index in [9.17, 15) is 0 Å². The summed E-state index contributed by atoms with van der Waals surface area (Å²) in [6.07, 6.45) is 9.46. The lowest BCUT2D eigenvalue weighted by Crippen LogP contribution is -2.35. The van der Waals surface area contributed by atoms with E-state index in [-0.39, 0.29) is 11.8 Å².